The first-order valence-corrected chi connectivity index (χ1v) is 6.10. The first-order valence-electron chi connectivity index (χ1n) is 6.10. The molecule has 0 N–H and O–H groups in total. The van der Waals surface area contributed by atoms with Crippen LogP contribution in [-0.4, -0.2) is 0 Å². The van der Waals surface area contributed by atoms with Gasteiger partial charge >= 0.3 is 0 Å². The Morgan fingerprint density at radius 1 is 1.38 bits per heavy atom. The Labute approximate surface area is 83.1 Å². The van der Waals surface area contributed by atoms with Gasteiger partial charge in [0.2, 0.25) is 0 Å². The molecule has 2 fully saturated rings. The molecule has 13 heavy (non-hydrogen) atoms. The maximum Gasteiger partial charge on any atom is -0.0235 e. The van der Waals surface area contributed by atoms with Crippen molar-refractivity contribution in [2.75, 3.05) is 0 Å². The van der Waals surface area contributed by atoms with E-state index in [2.05, 4.69) is 27.7 Å². The number of rotatable bonds is 4. The quantitative estimate of drug-likeness (QED) is 0.611. The van der Waals surface area contributed by atoms with Crippen LogP contribution < -0.4 is 0 Å². The minimum Gasteiger partial charge on any atom is -0.0654 e. The number of fused-ring (bicyclic) bond motifs is 1. The summed E-state index contributed by atoms with van der Waals surface area (Å²) in [5, 5.41) is 0. The highest BCUT2D eigenvalue weighted by Crippen LogP contribution is 2.77. The van der Waals surface area contributed by atoms with E-state index in [0.717, 1.165) is 29.1 Å². The molecule has 0 amide bonds. The van der Waals surface area contributed by atoms with Crippen molar-refractivity contribution in [1.82, 2.24) is 0 Å². The van der Waals surface area contributed by atoms with E-state index in [1.54, 1.807) is 6.42 Å². The van der Waals surface area contributed by atoms with E-state index < -0.39 is 0 Å². The highest BCUT2D eigenvalue weighted by molar-refractivity contribution is 5.19. The second kappa shape index (κ2) is 3.00. The third kappa shape index (κ3) is 1.25. The molecule has 0 saturated heterocycles. The number of hydrogen-bond acceptors (Lipinski definition) is 0. The van der Waals surface area contributed by atoms with E-state index in [1.165, 1.54) is 19.3 Å². The maximum atomic E-state index is 2.55. The molecule has 0 nitrogen and oxygen atoms in total. The highest BCUT2D eigenvalue weighted by Gasteiger charge is 2.71. The van der Waals surface area contributed by atoms with Gasteiger partial charge < -0.3 is 0 Å². The molecule has 0 spiro atoms. The molecule has 2 aliphatic carbocycles. The van der Waals surface area contributed by atoms with Gasteiger partial charge in [-0.05, 0) is 48.3 Å². The van der Waals surface area contributed by atoms with E-state index in [4.69, 9.17) is 0 Å². The molecule has 0 heteroatoms. The van der Waals surface area contributed by atoms with Crippen molar-refractivity contribution in [1.29, 1.82) is 0 Å². The zero-order chi connectivity index (χ0) is 9.64. The standard InChI is InChI=1S/C13H24/c1-5-6-11-12-8-10(7-9(2)3)13(11,12)4/h9-12H,5-8H2,1-4H3. The zero-order valence-corrected chi connectivity index (χ0v) is 9.64. The third-order valence-corrected chi connectivity index (χ3v) is 4.75. The van der Waals surface area contributed by atoms with Crippen LogP contribution >= 0.6 is 0 Å². The van der Waals surface area contributed by atoms with Gasteiger partial charge in [0.25, 0.3) is 0 Å². The van der Waals surface area contributed by atoms with Crippen LogP contribution in [0.15, 0.2) is 0 Å². The zero-order valence-electron chi connectivity index (χ0n) is 9.64. The van der Waals surface area contributed by atoms with Crippen molar-refractivity contribution in [2.24, 2.45) is 29.1 Å². The van der Waals surface area contributed by atoms with Gasteiger partial charge in [-0.1, -0.05) is 34.1 Å². The second-order valence-corrected chi connectivity index (χ2v) is 5.93. The molecule has 0 aromatic carbocycles. The molecule has 2 rings (SSSR count). The summed E-state index contributed by atoms with van der Waals surface area (Å²) in [4.78, 5) is 0. The predicted octanol–water partition coefficient (Wildman–Crippen LogP) is 4.10. The maximum absolute atomic E-state index is 2.55. The van der Waals surface area contributed by atoms with Gasteiger partial charge in [-0.25, -0.2) is 0 Å². The molecule has 4 atom stereocenters. The molecule has 0 aromatic rings. The van der Waals surface area contributed by atoms with Gasteiger partial charge in [0.15, 0.2) is 0 Å². The van der Waals surface area contributed by atoms with Crippen molar-refractivity contribution < 1.29 is 0 Å². The van der Waals surface area contributed by atoms with Crippen molar-refractivity contribution in [3.05, 3.63) is 0 Å². The van der Waals surface area contributed by atoms with Crippen LogP contribution in [0, 0.1) is 29.1 Å². The number of hydrogen-bond donors (Lipinski definition) is 0. The minimum atomic E-state index is 0.806. The van der Waals surface area contributed by atoms with Crippen LogP contribution in [0.4, 0.5) is 0 Å². The van der Waals surface area contributed by atoms with E-state index in [9.17, 15) is 0 Å². The summed E-state index contributed by atoms with van der Waals surface area (Å²) in [7, 11) is 0. The van der Waals surface area contributed by atoms with Crippen LogP contribution in [0.1, 0.15) is 53.4 Å². The molecule has 0 radical (unpaired) electrons. The molecular weight excluding hydrogens is 156 g/mol. The summed E-state index contributed by atoms with van der Waals surface area (Å²) in [6, 6.07) is 0. The molecule has 0 aromatic heterocycles. The Balaban J connectivity index is 1.86. The van der Waals surface area contributed by atoms with Crippen LogP contribution in [-0.2, 0) is 0 Å². The van der Waals surface area contributed by atoms with Crippen LogP contribution in [0.2, 0.25) is 0 Å². The monoisotopic (exact) mass is 180 g/mol. The lowest BCUT2D eigenvalue weighted by Gasteiger charge is -2.35. The van der Waals surface area contributed by atoms with Crippen LogP contribution in [0.25, 0.3) is 0 Å². The molecule has 4 unspecified atom stereocenters. The molecule has 76 valence electrons. The van der Waals surface area contributed by atoms with Crippen LogP contribution in [0.5, 0.6) is 0 Å². The Kier molecular flexibility index (Phi) is 2.20. The minimum absolute atomic E-state index is 0.806. The summed E-state index contributed by atoms with van der Waals surface area (Å²) in [5.74, 6) is 4.23. The topological polar surface area (TPSA) is 0 Å². The second-order valence-electron chi connectivity index (χ2n) is 5.93. The average molecular weight is 180 g/mol. The van der Waals surface area contributed by atoms with E-state index >= 15 is 0 Å². The van der Waals surface area contributed by atoms with Gasteiger partial charge in [-0.15, -0.1) is 0 Å². The molecular formula is C13H24. The van der Waals surface area contributed by atoms with Gasteiger partial charge in [-0.2, -0.15) is 0 Å². The van der Waals surface area contributed by atoms with E-state index in [1.807, 2.05) is 0 Å². The molecule has 0 heterocycles. The van der Waals surface area contributed by atoms with Crippen molar-refractivity contribution in [2.45, 2.75) is 53.4 Å². The Bertz CT molecular complexity index is 194. The predicted molar refractivity (Wildman–Crippen MR) is 57.6 cm³/mol. The summed E-state index contributed by atoms with van der Waals surface area (Å²) >= 11 is 0. The lowest BCUT2D eigenvalue weighted by Crippen LogP contribution is -2.27. The van der Waals surface area contributed by atoms with E-state index in [0.29, 0.717) is 0 Å². The summed E-state index contributed by atoms with van der Waals surface area (Å²) in [6.45, 7) is 9.62. The summed E-state index contributed by atoms with van der Waals surface area (Å²) in [5.41, 5.74) is 0.806. The van der Waals surface area contributed by atoms with Crippen molar-refractivity contribution >= 4 is 0 Å². The Morgan fingerprint density at radius 3 is 2.62 bits per heavy atom. The molecule has 2 saturated carbocycles. The molecule has 0 bridgehead atoms. The Morgan fingerprint density at radius 2 is 2.08 bits per heavy atom. The summed E-state index contributed by atoms with van der Waals surface area (Å²) < 4.78 is 0. The van der Waals surface area contributed by atoms with Crippen LogP contribution in [0.3, 0.4) is 0 Å². The molecule has 0 aliphatic heterocycles. The van der Waals surface area contributed by atoms with Gasteiger partial charge in [0.05, 0.1) is 0 Å². The first-order chi connectivity index (χ1) is 6.10. The highest BCUT2D eigenvalue weighted by atomic mass is 14.8. The van der Waals surface area contributed by atoms with Crippen molar-refractivity contribution in [3.8, 4) is 0 Å². The fourth-order valence-corrected chi connectivity index (χ4v) is 3.89. The van der Waals surface area contributed by atoms with Gasteiger partial charge in [0, 0.05) is 0 Å². The van der Waals surface area contributed by atoms with Gasteiger partial charge in [-0.3, -0.25) is 0 Å². The molecule has 2 aliphatic rings. The summed E-state index contributed by atoms with van der Waals surface area (Å²) in [6.07, 6.45) is 5.92. The lowest BCUT2D eigenvalue weighted by atomic mass is 9.70. The SMILES string of the molecule is CCCC1C2CC(CC(C)C)C12C. The first kappa shape index (κ1) is 9.55. The fourth-order valence-electron chi connectivity index (χ4n) is 3.89. The fraction of sp³-hybridized carbons (Fsp3) is 1.00. The largest absolute Gasteiger partial charge is 0.0654 e. The Hall–Kier alpha value is 0. The normalized spacial score (nSPS) is 47.3. The lowest BCUT2D eigenvalue weighted by molar-refractivity contribution is 0.144. The van der Waals surface area contributed by atoms with Crippen molar-refractivity contribution in [3.63, 3.8) is 0 Å². The average Bonchev–Trinajstić information content (AvgIpc) is 2.50. The smallest absolute Gasteiger partial charge is 0.0235 e. The van der Waals surface area contributed by atoms with Gasteiger partial charge in [0.1, 0.15) is 0 Å². The third-order valence-electron chi connectivity index (χ3n) is 4.75. The van der Waals surface area contributed by atoms with E-state index in [-0.39, 0.29) is 0 Å².